The molecule has 0 unspecified atom stereocenters. The van der Waals surface area contributed by atoms with E-state index in [2.05, 4.69) is 25.6 Å². The molecule has 1 saturated heterocycles. The SMILES string of the molecule is CC(=Nc1c(C)ncnc1N1CCOc2cc(F)ccc21)C(=O)NCC1CCNCC1. The number of halogens is 1. The molecule has 1 aromatic carbocycles. The van der Waals surface area contributed by atoms with Crippen LogP contribution in [0.15, 0.2) is 29.5 Å². The zero-order valence-electron chi connectivity index (χ0n) is 17.8. The summed E-state index contributed by atoms with van der Waals surface area (Å²) in [6.07, 6.45) is 3.58. The molecule has 9 heteroatoms. The fourth-order valence-electron chi connectivity index (χ4n) is 3.87. The molecule has 0 saturated carbocycles. The lowest BCUT2D eigenvalue weighted by Gasteiger charge is -2.31. The first kappa shape index (κ1) is 21.2. The highest BCUT2D eigenvalue weighted by molar-refractivity contribution is 6.38. The van der Waals surface area contributed by atoms with Crippen molar-refractivity contribution in [3.8, 4) is 5.75 Å². The number of nitrogens with one attached hydrogen (secondary N) is 2. The lowest BCUT2D eigenvalue weighted by molar-refractivity contribution is -0.115. The van der Waals surface area contributed by atoms with Gasteiger partial charge in [0.15, 0.2) is 5.82 Å². The van der Waals surface area contributed by atoms with Gasteiger partial charge >= 0.3 is 0 Å². The summed E-state index contributed by atoms with van der Waals surface area (Å²) in [6, 6.07) is 4.41. The Hall–Kier alpha value is -3.07. The number of carbonyl (C=O) groups is 1. The Morgan fingerprint density at radius 3 is 2.97 bits per heavy atom. The zero-order chi connectivity index (χ0) is 21.8. The van der Waals surface area contributed by atoms with Crippen LogP contribution in [0.3, 0.4) is 0 Å². The van der Waals surface area contributed by atoms with E-state index in [1.54, 1.807) is 13.0 Å². The maximum absolute atomic E-state index is 13.6. The van der Waals surface area contributed by atoms with Crippen LogP contribution in [0.1, 0.15) is 25.5 Å². The summed E-state index contributed by atoms with van der Waals surface area (Å²) in [5.74, 6) is 0.944. The van der Waals surface area contributed by atoms with Crippen molar-refractivity contribution in [1.82, 2.24) is 20.6 Å². The van der Waals surface area contributed by atoms with Gasteiger partial charge in [-0.3, -0.25) is 4.79 Å². The van der Waals surface area contributed by atoms with E-state index >= 15 is 0 Å². The van der Waals surface area contributed by atoms with Gasteiger partial charge in [0.2, 0.25) is 0 Å². The van der Waals surface area contributed by atoms with E-state index in [1.807, 2.05) is 11.8 Å². The number of amides is 1. The molecule has 164 valence electrons. The average molecular weight is 426 g/mol. The van der Waals surface area contributed by atoms with Crippen molar-refractivity contribution < 1.29 is 13.9 Å². The number of aromatic nitrogens is 2. The minimum Gasteiger partial charge on any atom is -0.489 e. The van der Waals surface area contributed by atoms with Gasteiger partial charge in [-0.25, -0.2) is 19.4 Å². The summed E-state index contributed by atoms with van der Waals surface area (Å²) in [4.78, 5) is 27.9. The van der Waals surface area contributed by atoms with E-state index < -0.39 is 0 Å². The Bertz CT molecular complexity index is 990. The van der Waals surface area contributed by atoms with Gasteiger partial charge in [0.05, 0.1) is 17.9 Å². The van der Waals surface area contributed by atoms with Gasteiger partial charge in [-0.2, -0.15) is 0 Å². The third-order valence-corrected chi connectivity index (χ3v) is 5.64. The van der Waals surface area contributed by atoms with Gasteiger partial charge in [-0.05, 0) is 57.8 Å². The van der Waals surface area contributed by atoms with Crippen LogP contribution in [0, 0.1) is 18.7 Å². The van der Waals surface area contributed by atoms with Crippen molar-refractivity contribution in [3.05, 3.63) is 36.0 Å². The molecule has 0 radical (unpaired) electrons. The number of hydrogen-bond acceptors (Lipinski definition) is 7. The highest BCUT2D eigenvalue weighted by Crippen LogP contribution is 2.40. The molecule has 2 aliphatic heterocycles. The number of aryl methyl sites for hydroxylation is 1. The number of aliphatic imine (C=N–C) groups is 1. The van der Waals surface area contributed by atoms with Crippen molar-refractivity contribution in [2.45, 2.75) is 26.7 Å². The first-order valence-electron chi connectivity index (χ1n) is 10.6. The largest absolute Gasteiger partial charge is 0.489 e. The number of ether oxygens (including phenoxy) is 1. The highest BCUT2D eigenvalue weighted by Gasteiger charge is 2.25. The monoisotopic (exact) mass is 426 g/mol. The Kier molecular flexibility index (Phi) is 6.41. The zero-order valence-corrected chi connectivity index (χ0v) is 17.8. The second-order valence-corrected chi connectivity index (χ2v) is 7.84. The molecule has 2 aromatic rings. The van der Waals surface area contributed by atoms with Crippen molar-refractivity contribution in [2.75, 3.05) is 37.7 Å². The fraction of sp³-hybridized carbons (Fsp3) is 0.455. The molecular formula is C22H27FN6O2. The van der Waals surface area contributed by atoms with Crippen LogP contribution in [0.5, 0.6) is 5.75 Å². The first-order chi connectivity index (χ1) is 15.0. The maximum Gasteiger partial charge on any atom is 0.265 e. The predicted octanol–water partition coefficient (Wildman–Crippen LogP) is 2.66. The molecule has 0 atom stereocenters. The molecule has 31 heavy (non-hydrogen) atoms. The average Bonchev–Trinajstić information content (AvgIpc) is 2.78. The molecule has 4 rings (SSSR count). The second kappa shape index (κ2) is 9.38. The summed E-state index contributed by atoms with van der Waals surface area (Å²) < 4.78 is 19.2. The van der Waals surface area contributed by atoms with Crippen molar-refractivity contribution in [2.24, 2.45) is 10.9 Å². The molecule has 1 fully saturated rings. The molecule has 0 bridgehead atoms. The summed E-state index contributed by atoms with van der Waals surface area (Å²) in [5.41, 5.74) is 2.23. The van der Waals surface area contributed by atoms with Gasteiger partial charge in [0.25, 0.3) is 5.91 Å². The third kappa shape index (κ3) is 4.82. The molecule has 3 heterocycles. The normalized spacial score (nSPS) is 17.1. The fourth-order valence-corrected chi connectivity index (χ4v) is 3.87. The van der Waals surface area contributed by atoms with E-state index in [9.17, 15) is 9.18 Å². The summed E-state index contributed by atoms with van der Waals surface area (Å²) in [7, 11) is 0. The molecule has 8 nitrogen and oxygen atoms in total. The van der Waals surface area contributed by atoms with Crippen LogP contribution in [0.2, 0.25) is 0 Å². The number of fused-ring (bicyclic) bond motifs is 1. The van der Waals surface area contributed by atoms with Crippen molar-refractivity contribution in [1.29, 1.82) is 0 Å². The smallest absolute Gasteiger partial charge is 0.265 e. The topological polar surface area (TPSA) is 91.7 Å². The lowest BCUT2D eigenvalue weighted by atomic mass is 9.98. The molecule has 0 spiro atoms. The summed E-state index contributed by atoms with van der Waals surface area (Å²) >= 11 is 0. The van der Waals surface area contributed by atoms with E-state index in [-0.39, 0.29) is 11.7 Å². The summed E-state index contributed by atoms with van der Waals surface area (Å²) in [6.45, 7) is 7.06. The van der Waals surface area contributed by atoms with Crippen LogP contribution in [0.25, 0.3) is 0 Å². The Balaban J connectivity index is 1.58. The number of hydrogen-bond donors (Lipinski definition) is 2. The van der Waals surface area contributed by atoms with Crippen LogP contribution in [-0.2, 0) is 4.79 Å². The lowest BCUT2D eigenvalue weighted by Crippen LogP contribution is -2.38. The number of piperidine rings is 1. The Morgan fingerprint density at radius 2 is 2.16 bits per heavy atom. The minimum atomic E-state index is -0.362. The number of anilines is 2. The Labute approximate surface area is 180 Å². The van der Waals surface area contributed by atoms with Gasteiger partial charge < -0.3 is 20.3 Å². The summed E-state index contributed by atoms with van der Waals surface area (Å²) in [5, 5.41) is 6.33. The van der Waals surface area contributed by atoms with Gasteiger partial charge in [-0.15, -0.1) is 0 Å². The van der Waals surface area contributed by atoms with E-state index in [1.165, 1.54) is 18.5 Å². The van der Waals surface area contributed by atoms with E-state index in [4.69, 9.17) is 4.74 Å². The van der Waals surface area contributed by atoms with Gasteiger partial charge in [-0.1, -0.05) is 0 Å². The molecule has 2 N–H and O–H groups in total. The molecule has 0 aliphatic carbocycles. The Morgan fingerprint density at radius 1 is 1.35 bits per heavy atom. The molecule has 2 aliphatic rings. The molecule has 1 amide bonds. The van der Waals surface area contributed by atoms with Crippen LogP contribution < -0.4 is 20.3 Å². The second-order valence-electron chi connectivity index (χ2n) is 7.84. The van der Waals surface area contributed by atoms with Crippen LogP contribution in [-0.4, -0.2) is 54.4 Å². The molecule has 1 aromatic heterocycles. The van der Waals surface area contributed by atoms with E-state index in [0.29, 0.717) is 60.0 Å². The number of carbonyl (C=O) groups excluding carboxylic acids is 1. The quantitative estimate of drug-likeness (QED) is 0.715. The standard InChI is InChI=1S/C22H27FN6O2/c1-14-20(28-15(2)22(30)25-12-16-5-7-24-8-6-16)21(27-13-26-14)29-9-10-31-19-11-17(23)3-4-18(19)29/h3-4,11,13,16,24H,5-10,12H2,1-2H3,(H,25,30). The van der Waals surface area contributed by atoms with Crippen LogP contribution >= 0.6 is 0 Å². The number of rotatable bonds is 5. The maximum atomic E-state index is 13.6. The van der Waals surface area contributed by atoms with Gasteiger partial charge in [0, 0.05) is 12.6 Å². The van der Waals surface area contributed by atoms with Crippen molar-refractivity contribution >= 4 is 28.8 Å². The molecular weight excluding hydrogens is 399 g/mol. The van der Waals surface area contributed by atoms with Gasteiger partial charge in [0.1, 0.15) is 35.9 Å². The number of benzene rings is 1. The predicted molar refractivity (Wildman–Crippen MR) is 117 cm³/mol. The first-order valence-corrected chi connectivity index (χ1v) is 10.6. The van der Waals surface area contributed by atoms with Crippen LogP contribution in [0.4, 0.5) is 21.6 Å². The highest BCUT2D eigenvalue weighted by atomic mass is 19.1. The van der Waals surface area contributed by atoms with E-state index in [0.717, 1.165) is 25.9 Å². The minimum absolute atomic E-state index is 0.197. The van der Waals surface area contributed by atoms with Crippen molar-refractivity contribution in [3.63, 3.8) is 0 Å². The third-order valence-electron chi connectivity index (χ3n) is 5.64. The number of nitrogens with zero attached hydrogens (tertiary/aromatic N) is 4.